The second-order valence-electron chi connectivity index (χ2n) is 5.75. The fourth-order valence-electron chi connectivity index (χ4n) is 2.21. The molecule has 0 aliphatic carbocycles. The lowest BCUT2D eigenvalue weighted by Gasteiger charge is -2.05. The van der Waals surface area contributed by atoms with E-state index in [0.717, 1.165) is 25.7 Å². The van der Waals surface area contributed by atoms with Gasteiger partial charge >= 0.3 is 0 Å². The molecule has 1 heteroatoms. The molecule has 0 fully saturated rings. The van der Waals surface area contributed by atoms with E-state index < -0.39 is 0 Å². The Morgan fingerprint density at radius 1 is 0.700 bits per heavy atom. The van der Waals surface area contributed by atoms with Crippen LogP contribution in [-0.2, 0) is 0 Å². The van der Waals surface area contributed by atoms with Gasteiger partial charge in [-0.3, -0.25) is 0 Å². The zero-order valence-electron chi connectivity index (χ0n) is 13.8. The Labute approximate surface area is 127 Å². The molecule has 0 amide bonds. The first-order valence-corrected chi connectivity index (χ1v) is 8.79. The van der Waals surface area contributed by atoms with Gasteiger partial charge in [0.05, 0.1) is 6.10 Å². The van der Waals surface area contributed by atoms with E-state index >= 15 is 0 Å². The Hall–Kier alpha value is -0.560. The first-order valence-electron chi connectivity index (χ1n) is 8.79. The van der Waals surface area contributed by atoms with E-state index in [0.29, 0.717) is 0 Å². The molecular weight excluding hydrogens is 244 g/mol. The van der Waals surface area contributed by atoms with Crippen molar-refractivity contribution in [1.29, 1.82) is 0 Å². The molecule has 0 bridgehead atoms. The lowest BCUT2D eigenvalue weighted by atomic mass is 10.1. The van der Waals surface area contributed by atoms with E-state index in [9.17, 15) is 5.11 Å². The summed E-state index contributed by atoms with van der Waals surface area (Å²) in [5, 5.41) is 9.84. The average molecular weight is 280 g/mol. The highest BCUT2D eigenvalue weighted by atomic mass is 16.3. The van der Waals surface area contributed by atoms with Crippen molar-refractivity contribution in [2.45, 2.75) is 97.0 Å². The number of hydrogen-bond acceptors (Lipinski definition) is 1. The third kappa shape index (κ3) is 15.5. The first-order chi connectivity index (χ1) is 9.81. The molecule has 118 valence electrons. The predicted octanol–water partition coefficient (Wildman–Crippen LogP) is 6.18. The van der Waals surface area contributed by atoms with Crippen LogP contribution in [0.15, 0.2) is 24.3 Å². The molecule has 0 aliphatic heterocycles. The zero-order valence-corrected chi connectivity index (χ0v) is 13.8. The lowest BCUT2D eigenvalue weighted by molar-refractivity contribution is 0.169. The fourth-order valence-corrected chi connectivity index (χ4v) is 2.21. The number of allylic oxidation sites excluding steroid dienone is 3. The third-order valence-corrected chi connectivity index (χ3v) is 3.61. The van der Waals surface area contributed by atoms with Crippen LogP contribution in [0.5, 0.6) is 0 Å². The van der Waals surface area contributed by atoms with E-state index in [2.05, 4.69) is 38.2 Å². The second-order valence-corrected chi connectivity index (χ2v) is 5.75. The predicted molar refractivity (Wildman–Crippen MR) is 91.0 cm³/mol. The minimum atomic E-state index is -0.165. The van der Waals surface area contributed by atoms with E-state index in [1.807, 2.05) is 0 Å². The van der Waals surface area contributed by atoms with Gasteiger partial charge in [0, 0.05) is 0 Å². The Kier molecular flexibility index (Phi) is 16.0. The molecule has 1 nitrogen and oxygen atoms in total. The summed E-state index contributed by atoms with van der Waals surface area (Å²) in [7, 11) is 0. The average Bonchev–Trinajstić information content (AvgIpc) is 2.45. The van der Waals surface area contributed by atoms with E-state index in [1.54, 1.807) is 0 Å². The van der Waals surface area contributed by atoms with Crippen LogP contribution in [0, 0.1) is 0 Å². The summed E-state index contributed by atoms with van der Waals surface area (Å²) in [6.45, 7) is 4.47. The quantitative estimate of drug-likeness (QED) is 0.297. The van der Waals surface area contributed by atoms with Gasteiger partial charge in [-0.25, -0.2) is 0 Å². The van der Waals surface area contributed by atoms with Crippen LogP contribution >= 0.6 is 0 Å². The summed E-state index contributed by atoms with van der Waals surface area (Å²) in [5.41, 5.74) is 0. The van der Waals surface area contributed by atoms with Crippen LogP contribution in [0.2, 0.25) is 0 Å². The molecule has 1 N–H and O–H groups in total. The minimum Gasteiger partial charge on any atom is -0.393 e. The molecule has 0 rings (SSSR count). The number of rotatable bonds is 14. The maximum Gasteiger partial charge on any atom is 0.0577 e. The number of aliphatic hydroxyl groups is 1. The molecule has 0 aromatic heterocycles. The number of unbranched alkanes of at least 4 members (excludes halogenated alkanes) is 7. The van der Waals surface area contributed by atoms with Crippen LogP contribution in [0.4, 0.5) is 0 Å². The molecule has 1 atom stereocenters. The summed E-state index contributed by atoms with van der Waals surface area (Å²) in [6, 6.07) is 0. The Morgan fingerprint density at radius 2 is 1.25 bits per heavy atom. The third-order valence-electron chi connectivity index (χ3n) is 3.61. The topological polar surface area (TPSA) is 20.2 Å². The van der Waals surface area contributed by atoms with Gasteiger partial charge in [-0.05, 0) is 44.9 Å². The molecule has 0 spiro atoms. The Bertz CT molecular complexity index is 230. The van der Waals surface area contributed by atoms with Gasteiger partial charge < -0.3 is 5.11 Å². The summed E-state index contributed by atoms with van der Waals surface area (Å²) in [5.74, 6) is 0. The molecule has 0 heterocycles. The van der Waals surface area contributed by atoms with Gasteiger partial charge in [-0.1, -0.05) is 70.3 Å². The molecule has 0 saturated carbocycles. The number of hydrogen-bond donors (Lipinski definition) is 1. The fraction of sp³-hybridized carbons (Fsp3) is 0.789. The van der Waals surface area contributed by atoms with Crippen molar-refractivity contribution in [3.05, 3.63) is 24.3 Å². The van der Waals surface area contributed by atoms with Crippen molar-refractivity contribution in [3.8, 4) is 0 Å². The normalized spacial score (nSPS) is 13.6. The van der Waals surface area contributed by atoms with Gasteiger partial charge in [-0.15, -0.1) is 0 Å². The highest BCUT2D eigenvalue weighted by Gasteiger charge is 1.98. The number of aliphatic hydroxyl groups excluding tert-OH is 1. The summed E-state index contributed by atoms with van der Waals surface area (Å²) >= 11 is 0. The highest BCUT2D eigenvalue weighted by Crippen LogP contribution is 2.07. The minimum absolute atomic E-state index is 0.165. The second kappa shape index (κ2) is 16.5. The Morgan fingerprint density at radius 3 is 1.95 bits per heavy atom. The largest absolute Gasteiger partial charge is 0.393 e. The molecule has 20 heavy (non-hydrogen) atoms. The van der Waals surface area contributed by atoms with Crippen molar-refractivity contribution < 1.29 is 5.11 Å². The van der Waals surface area contributed by atoms with Crippen LogP contribution in [0.3, 0.4) is 0 Å². The van der Waals surface area contributed by atoms with Crippen molar-refractivity contribution in [1.82, 2.24) is 0 Å². The molecule has 1 unspecified atom stereocenters. The van der Waals surface area contributed by atoms with Crippen molar-refractivity contribution >= 4 is 0 Å². The van der Waals surface area contributed by atoms with Crippen molar-refractivity contribution in [2.24, 2.45) is 0 Å². The molecular formula is C19H36O. The molecule has 0 radical (unpaired) electrons. The smallest absolute Gasteiger partial charge is 0.0577 e. The van der Waals surface area contributed by atoms with Crippen LogP contribution in [0.1, 0.15) is 90.9 Å². The molecule has 0 aliphatic rings. The standard InChI is InChI=1S/C19H36O/c1-3-5-7-9-11-12-14-16-18-19(20)17-15-13-10-8-6-4-2/h12-15,19-20H,3-11,16-18H2,1-2H3. The van der Waals surface area contributed by atoms with Gasteiger partial charge in [0.25, 0.3) is 0 Å². The summed E-state index contributed by atoms with van der Waals surface area (Å²) < 4.78 is 0. The maximum atomic E-state index is 9.84. The van der Waals surface area contributed by atoms with E-state index in [4.69, 9.17) is 0 Å². The molecule has 0 saturated heterocycles. The van der Waals surface area contributed by atoms with E-state index in [-0.39, 0.29) is 6.10 Å². The zero-order chi connectivity index (χ0) is 14.9. The lowest BCUT2D eigenvalue weighted by Crippen LogP contribution is -2.03. The molecule has 0 aromatic rings. The highest BCUT2D eigenvalue weighted by molar-refractivity contribution is 4.86. The van der Waals surface area contributed by atoms with Crippen molar-refractivity contribution in [3.63, 3.8) is 0 Å². The van der Waals surface area contributed by atoms with Crippen LogP contribution in [-0.4, -0.2) is 11.2 Å². The van der Waals surface area contributed by atoms with Gasteiger partial charge in [0.15, 0.2) is 0 Å². The van der Waals surface area contributed by atoms with Gasteiger partial charge in [0.2, 0.25) is 0 Å². The Balaban J connectivity index is 3.35. The monoisotopic (exact) mass is 280 g/mol. The molecule has 0 aromatic carbocycles. The van der Waals surface area contributed by atoms with Crippen LogP contribution < -0.4 is 0 Å². The van der Waals surface area contributed by atoms with Gasteiger partial charge in [-0.2, -0.15) is 0 Å². The van der Waals surface area contributed by atoms with Crippen molar-refractivity contribution in [2.75, 3.05) is 0 Å². The first kappa shape index (κ1) is 19.4. The SMILES string of the molecule is CCCCCC=CCC(O)CCC=CCCCCCC. The summed E-state index contributed by atoms with van der Waals surface area (Å²) in [4.78, 5) is 0. The summed E-state index contributed by atoms with van der Waals surface area (Å²) in [6.07, 6.45) is 23.0. The van der Waals surface area contributed by atoms with Gasteiger partial charge in [0.1, 0.15) is 0 Å². The van der Waals surface area contributed by atoms with E-state index in [1.165, 1.54) is 51.4 Å². The maximum absolute atomic E-state index is 9.84. The van der Waals surface area contributed by atoms with Crippen LogP contribution in [0.25, 0.3) is 0 Å².